The number of allylic oxidation sites excluding steroid dienone is 1. The number of benzene rings is 4. The van der Waals surface area contributed by atoms with E-state index in [4.69, 9.17) is 11.6 Å². The Labute approximate surface area is 267 Å². The average molecular weight is 613 g/mol. The van der Waals surface area contributed by atoms with Crippen molar-refractivity contribution in [1.82, 2.24) is 5.32 Å². The molecular formula is C37H41ClN2O2S. The summed E-state index contributed by atoms with van der Waals surface area (Å²) in [7, 11) is 0. The minimum Gasteiger partial charge on any atom is -0.351 e. The standard InChI is InChI=1S/C27H28ClNO.C10H13NOS/c1-19-17-23(28)11-14-25(19)22-9-12-24(13-10-22)29-26(30)18-21-7-5-20(6-8-21)15-16-27(2,3)4;1-8-2-4-9(5-3-8)10(12)11-6-7-13/h5-17H,18H2,1-4H3,(H,29,30);2-5,13H,6-7H2,1H3,(H,11,12)/b16-15+;. The lowest BCUT2D eigenvalue weighted by Gasteiger charge is -2.11. The second-order valence-electron chi connectivity index (χ2n) is 11.5. The molecule has 0 radical (unpaired) electrons. The number of thiol groups is 1. The molecule has 6 heteroatoms. The van der Waals surface area contributed by atoms with Gasteiger partial charge >= 0.3 is 0 Å². The Bertz CT molecular complexity index is 1520. The van der Waals surface area contributed by atoms with E-state index in [0.29, 0.717) is 24.3 Å². The first kappa shape index (κ1) is 33.7. The minimum atomic E-state index is -0.0333. The van der Waals surface area contributed by atoms with Crippen LogP contribution >= 0.6 is 24.2 Å². The molecule has 224 valence electrons. The zero-order valence-corrected chi connectivity index (χ0v) is 27.2. The van der Waals surface area contributed by atoms with E-state index in [0.717, 1.165) is 44.1 Å². The Hall–Kier alpha value is -3.80. The molecule has 0 heterocycles. The van der Waals surface area contributed by atoms with Crippen molar-refractivity contribution in [1.29, 1.82) is 0 Å². The summed E-state index contributed by atoms with van der Waals surface area (Å²) in [5.74, 6) is 0.606. The van der Waals surface area contributed by atoms with Crippen LogP contribution in [0.5, 0.6) is 0 Å². The number of halogens is 1. The number of carbonyl (C=O) groups excluding carboxylic acids is 2. The number of rotatable bonds is 8. The van der Waals surface area contributed by atoms with Crippen molar-refractivity contribution in [3.8, 4) is 11.1 Å². The fraction of sp³-hybridized carbons (Fsp3) is 0.243. The summed E-state index contributed by atoms with van der Waals surface area (Å²) < 4.78 is 0. The first-order chi connectivity index (χ1) is 20.4. The van der Waals surface area contributed by atoms with E-state index in [1.807, 2.05) is 105 Å². The van der Waals surface area contributed by atoms with Gasteiger partial charge in [0.15, 0.2) is 0 Å². The summed E-state index contributed by atoms with van der Waals surface area (Å²) in [6.07, 6.45) is 4.65. The number of anilines is 1. The fourth-order valence-electron chi connectivity index (χ4n) is 4.14. The Morgan fingerprint density at radius 1 is 0.860 bits per heavy atom. The molecule has 0 atom stereocenters. The number of carbonyl (C=O) groups is 2. The van der Waals surface area contributed by atoms with Crippen molar-refractivity contribution in [2.75, 3.05) is 17.6 Å². The Morgan fingerprint density at radius 3 is 2.09 bits per heavy atom. The SMILES string of the molecule is Cc1cc(Cl)ccc1-c1ccc(NC(=O)Cc2ccc(/C=C/C(C)(C)C)cc2)cc1.Cc1ccc(C(=O)NCCS)cc1. The maximum atomic E-state index is 12.4. The first-order valence-corrected chi connectivity index (χ1v) is 15.3. The maximum absolute atomic E-state index is 12.4. The lowest BCUT2D eigenvalue weighted by atomic mass is 9.95. The zero-order valence-electron chi connectivity index (χ0n) is 25.6. The molecule has 0 aliphatic carbocycles. The molecule has 0 aliphatic heterocycles. The third-order valence-corrected chi connectivity index (χ3v) is 6.96. The summed E-state index contributed by atoms with van der Waals surface area (Å²) >= 11 is 10.1. The topological polar surface area (TPSA) is 58.2 Å². The molecule has 4 rings (SSSR count). The van der Waals surface area contributed by atoms with Crippen LogP contribution < -0.4 is 10.6 Å². The van der Waals surface area contributed by atoms with E-state index in [9.17, 15) is 9.59 Å². The smallest absolute Gasteiger partial charge is 0.251 e. The zero-order chi connectivity index (χ0) is 31.4. The quantitative estimate of drug-likeness (QED) is 0.174. The fourth-order valence-corrected chi connectivity index (χ4v) is 4.48. The Morgan fingerprint density at radius 2 is 1.51 bits per heavy atom. The van der Waals surface area contributed by atoms with Crippen molar-refractivity contribution in [2.45, 2.75) is 41.0 Å². The molecule has 0 aromatic heterocycles. The van der Waals surface area contributed by atoms with E-state index in [-0.39, 0.29) is 17.2 Å². The molecule has 2 amide bonds. The molecule has 0 fully saturated rings. The predicted octanol–water partition coefficient (Wildman–Crippen LogP) is 9.21. The van der Waals surface area contributed by atoms with Crippen LogP contribution in [0.25, 0.3) is 17.2 Å². The number of nitrogens with one attached hydrogen (secondary N) is 2. The van der Waals surface area contributed by atoms with Crippen LogP contribution in [0.3, 0.4) is 0 Å². The number of hydrogen-bond acceptors (Lipinski definition) is 3. The van der Waals surface area contributed by atoms with Crippen LogP contribution in [0.1, 0.15) is 53.4 Å². The van der Waals surface area contributed by atoms with Crippen molar-refractivity contribution >= 4 is 47.8 Å². The highest BCUT2D eigenvalue weighted by molar-refractivity contribution is 7.80. The summed E-state index contributed by atoms with van der Waals surface area (Å²) in [6, 6.07) is 29.4. The van der Waals surface area contributed by atoms with Gasteiger partial charge in [-0.25, -0.2) is 0 Å². The maximum Gasteiger partial charge on any atom is 0.251 e. The molecule has 0 spiro atoms. The van der Waals surface area contributed by atoms with Gasteiger partial charge in [-0.05, 0) is 83.5 Å². The highest BCUT2D eigenvalue weighted by Crippen LogP contribution is 2.27. The van der Waals surface area contributed by atoms with Gasteiger partial charge in [-0.2, -0.15) is 12.6 Å². The largest absolute Gasteiger partial charge is 0.351 e. The third kappa shape index (κ3) is 11.8. The van der Waals surface area contributed by atoms with Crippen LogP contribution in [0, 0.1) is 19.3 Å². The predicted molar refractivity (Wildman–Crippen MR) is 186 cm³/mol. The van der Waals surface area contributed by atoms with Gasteiger partial charge < -0.3 is 10.6 Å². The lowest BCUT2D eigenvalue weighted by molar-refractivity contribution is -0.115. The molecule has 0 bridgehead atoms. The molecular weight excluding hydrogens is 572 g/mol. The molecule has 43 heavy (non-hydrogen) atoms. The molecule has 4 nitrogen and oxygen atoms in total. The summed E-state index contributed by atoms with van der Waals surface area (Å²) in [5, 5.41) is 6.47. The van der Waals surface area contributed by atoms with Crippen molar-refractivity contribution in [2.24, 2.45) is 5.41 Å². The highest BCUT2D eigenvalue weighted by Gasteiger charge is 2.07. The van der Waals surface area contributed by atoms with Gasteiger partial charge in [0.2, 0.25) is 5.91 Å². The van der Waals surface area contributed by atoms with E-state index >= 15 is 0 Å². The van der Waals surface area contributed by atoms with Gasteiger partial charge in [-0.3, -0.25) is 9.59 Å². The number of hydrogen-bond donors (Lipinski definition) is 3. The monoisotopic (exact) mass is 612 g/mol. The summed E-state index contributed by atoms with van der Waals surface area (Å²) in [5.41, 5.74) is 8.30. The Kier molecular flexibility index (Phi) is 12.7. The third-order valence-electron chi connectivity index (χ3n) is 6.50. The van der Waals surface area contributed by atoms with E-state index in [2.05, 4.69) is 56.2 Å². The lowest BCUT2D eigenvalue weighted by Crippen LogP contribution is -2.25. The molecule has 0 saturated heterocycles. The van der Waals surface area contributed by atoms with Crippen molar-refractivity contribution in [3.05, 3.63) is 130 Å². The van der Waals surface area contributed by atoms with Gasteiger partial charge in [0.05, 0.1) is 6.42 Å². The van der Waals surface area contributed by atoms with Crippen LogP contribution in [-0.4, -0.2) is 24.1 Å². The van der Waals surface area contributed by atoms with Gasteiger partial charge in [-0.1, -0.05) is 105 Å². The molecule has 2 N–H and O–H groups in total. The molecule has 0 unspecified atom stereocenters. The number of aryl methyl sites for hydroxylation is 2. The van der Waals surface area contributed by atoms with Gasteiger partial charge in [0, 0.05) is 28.6 Å². The van der Waals surface area contributed by atoms with Gasteiger partial charge in [-0.15, -0.1) is 0 Å². The normalized spacial score (nSPS) is 11.0. The van der Waals surface area contributed by atoms with Crippen molar-refractivity contribution in [3.63, 3.8) is 0 Å². The second-order valence-corrected chi connectivity index (χ2v) is 12.4. The molecule has 0 saturated carbocycles. The Balaban J connectivity index is 0.000000326. The van der Waals surface area contributed by atoms with Crippen LogP contribution in [0.4, 0.5) is 5.69 Å². The number of amides is 2. The van der Waals surface area contributed by atoms with Gasteiger partial charge in [0.1, 0.15) is 0 Å². The highest BCUT2D eigenvalue weighted by atomic mass is 35.5. The minimum absolute atomic E-state index is 0.0246. The first-order valence-electron chi connectivity index (χ1n) is 14.3. The van der Waals surface area contributed by atoms with Crippen LogP contribution in [0.15, 0.2) is 97.1 Å². The van der Waals surface area contributed by atoms with E-state index < -0.39 is 0 Å². The molecule has 4 aromatic rings. The second kappa shape index (κ2) is 16.2. The molecule has 0 aliphatic rings. The summed E-state index contributed by atoms with van der Waals surface area (Å²) in [4.78, 5) is 23.8. The summed E-state index contributed by atoms with van der Waals surface area (Å²) in [6.45, 7) is 11.2. The van der Waals surface area contributed by atoms with Crippen LogP contribution in [0.2, 0.25) is 5.02 Å². The van der Waals surface area contributed by atoms with Crippen LogP contribution in [-0.2, 0) is 11.2 Å². The van der Waals surface area contributed by atoms with Gasteiger partial charge in [0.25, 0.3) is 5.91 Å². The van der Waals surface area contributed by atoms with E-state index in [1.54, 1.807) is 0 Å². The van der Waals surface area contributed by atoms with E-state index in [1.165, 1.54) is 0 Å². The average Bonchev–Trinajstić information content (AvgIpc) is 2.96. The van der Waals surface area contributed by atoms with Crippen molar-refractivity contribution < 1.29 is 9.59 Å². The molecule has 4 aromatic carbocycles.